The maximum absolute atomic E-state index is 13.8. The zero-order valence-electron chi connectivity index (χ0n) is 9.15. The van der Waals surface area contributed by atoms with Crippen molar-refractivity contribution in [2.45, 2.75) is 6.92 Å². The van der Waals surface area contributed by atoms with Crippen LogP contribution < -0.4 is 16.2 Å². The summed E-state index contributed by atoms with van der Waals surface area (Å²) in [6.07, 6.45) is 1.17. The van der Waals surface area contributed by atoms with Crippen LogP contribution in [0.1, 0.15) is 12.5 Å². The van der Waals surface area contributed by atoms with E-state index in [-0.39, 0.29) is 22.3 Å². The molecule has 1 aromatic rings. The quantitative estimate of drug-likeness (QED) is 0.487. The third-order valence-corrected chi connectivity index (χ3v) is 2.04. The Kier molecular flexibility index (Phi) is 4.71. The molecule has 0 fully saturated rings. The fraction of sp³-hybridized carbons (Fsp3) is 0.200. The first-order chi connectivity index (χ1) is 8.06. The minimum Gasteiger partial charge on any atom is -0.489 e. The Morgan fingerprint density at radius 2 is 2.24 bits per heavy atom. The van der Waals surface area contributed by atoms with Crippen molar-refractivity contribution in [1.82, 2.24) is 0 Å². The lowest BCUT2D eigenvalue weighted by atomic mass is 10.2. The Morgan fingerprint density at radius 3 is 2.82 bits per heavy atom. The molecule has 0 aliphatic rings. The fourth-order valence-electron chi connectivity index (χ4n) is 1.08. The second-order valence-electron chi connectivity index (χ2n) is 2.98. The molecule has 4 N–H and O–H groups in total. The Labute approximate surface area is 103 Å². The normalized spacial score (nSPS) is 10.5. The van der Waals surface area contributed by atoms with E-state index < -0.39 is 5.82 Å². The number of benzene rings is 1. The zero-order chi connectivity index (χ0) is 12.8. The molecule has 0 spiro atoms. The standard InChI is InChI=1S/C10H12ClFN4O/c1-2-17-9-7(11)4-3-6(8(9)12)5-15-16-10(13)14/h3-5H,2H2,1H3,(H4,13,14,16). The van der Waals surface area contributed by atoms with Crippen LogP contribution in [0, 0.1) is 5.82 Å². The summed E-state index contributed by atoms with van der Waals surface area (Å²) < 4.78 is 18.9. The molecule has 0 aromatic heterocycles. The van der Waals surface area contributed by atoms with Crippen LogP contribution in [0.25, 0.3) is 0 Å². The van der Waals surface area contributed by atoms with Crippen LogP contribution in [-0.2, 0) is 0 Å². The van der Waals surface area contributed by atoms with Gasteiger partial charge in [0.05, 0.1) is 17.8 Å². The number of guanidine groups is 1. The van der Waals surface area contributed by atoms with Gasteiger partial charge in [-0.1, -0.05) is 11.6 Å². The summed E-state index contributed by atoms with van der Waals surface area (Å²) in [7, 11) is 0. The van der Waals surface area contributed by atoms with E-state index in [4.69, 9.17) is 27.8 Å². The highest BCUT2D eigenvalue weighted by molar-refractivity contribution is 6.32. The van der Waals surface area contributed by atoms with Crippen LogP contribution in [0.15, 0.2) is 22.3 Å². The average molecular weight is 259 g/mol. The van der Waals surface area contributed by atoms with Crippen molar-refractivity contribution in [1.29, 1.82) is 0 Å². The number of rotatable bonds is 4. The number of ether oxygens (including phenoxy) is 1. The molecule has 0 bridgehead atoms. The minimum atomic E-state index is -0.603. The van der Waals surface area contributed by atoms with E-state index in [1.807, 2.05) is 0 Å². The van der Waals surface area contributed by atoms with E-state index in [9.17, 15) is 4.39 Å². The summed E-state index contributed by atoms with van der Waals surface area (Å²) in [5, 5.41) is 7.06. The summed E-state index contributed by atoms with van der Waals surface area (Å²) in [5.41, 5.74) is 10.3. The zero-order valence-corrected chi connectivity index (χ0v) is 9.91. The average Bonchev–Trinajstić information content (AvgIpc) is 2.27. The smallest absolute Gasteiger partial charge is 0.211 e. The highest BCUT2D eigenvalue weighted by Gasteiger charge is 2.12. The molecule has 0 unspecified atom stereocenters. The van der Waals surface area contributed by atoms with Crippen LogP contribution in [0.2, 0.25) is 5.02 Å². The van der Waals surface area contributed by atoms with Gasteiger partial charge in [-0.3, -0.25) is 0 Å². The van der Waals surface area contributed by atoms with Gasteiger partial charge in [-0.15, -0.1) is 5.10 Å². The summed E-state index contributed by atoms with van der Waals surface area (Å²) in [6.45, 7) is 2.04. The molecule has 0 amide bonds. The van der Waals surface area contributed by atoms with E-state index in [0.717, 1.165) is 0 Å². The van der Waals surface area contributed by atoms with Gasteiger partial charge in [0.2, 0.25) is 5.96 Å². The summed E-state index contributed by atoms with van der Waals surface area (Å²) >= 11 is 5.79. The van der Waals surface area contributed by atoms with Gasteiger partial charge in [0.25, 0.3) is 0 Å². The highest BCUT2D eigenvalue weighted by Crippen LogP contribution is 2.29. The van der Waals surface area contributed by atoms with Gasteiger partial charge < -0.3 is 16.2 Å². The van der Waals surface area contributed by atoms with Gasteiger partial charge >= 0.3 is 0 Å². The molecule has 17 heavy (non-hydrogen) atoms. The summed E-state index contributed by atoms with van der Waals surface area (Å²) in [4.78, 5) is 0. The van der Waals surface area contributed by atoms with Crippen molar-refractivity contribution in [2.24, 2.45) is 21.7 Å². The predicted octanol–water partition coefficient (Wildman–Crippen LogP) is 1.49. The van der Waals surface area contributed by atoms with Crippen LogP contribution in [0.5, 0.6) is 5.75 Å². The first-order valence-corrected chi connectivity index (χ1v) is 5.16. The van der Waals surface area contributed by atoms with Crippen molar-refractivity contribution >= 4 is 23.8 Å². The van der Waals surface area contributed by atoms with Crippen molar-refractivity contribution in [3.05, 3.63) is 28.5 Å². The monoisotopic (exact) mass is 258 g/mol. The molecule has 0 saturated heterocycles. The van der Waals surface area contributed by atoms with Gasteiger partial charge in [-0.05, 0) is 19.1 Å². The lowest BCUT2D eigenvalue weighted by molar-refractivity contribution is 0.321. The van der Waals surface area contributed by atoms with E-state index in [0.29, 0.717) is 6.61 Å². The van der Waals surface area contributed by atoms with Gasteiger partial charge in [-0.25, -0.2) is 4.39 Å². The van der Waals surface area contributed by atoms with Crippen LogP contribution in [-0.4, -0.2) is 18.8 Å². The Balaban J connectivity index is 3.06. The van der Waals surface area contributed by atoms with E-state index in [1.165, 1.54) is 18.3 Å². The summed E-state index contributed by atoms with van der Waals surface area (Å²) in [6, 6.07) is 2.96. The molecule has 0 radical (unpaired) electrons. The molecule has 92 valence electrons. The van der Waals surface area contributed by atoms with Crippen LogP contribution in [0.4, 0.5) is 4.39 Å². The van der Waals surface area contributed by atoms with Crippen molar-refractivity contribution in [3.63, 3.8) is 0 Å². The Hall–Kier alpha value is -1.82. The SMILES string of the molecule is CCOc1c(Cl)ccc(C=NN=C(N)N)c1F. The molecule has 1 aromatic carbocycles. The van der Waals surface area contributed by atoms with E-state index >= 15 is 0 Å². The lowest BCUT2D eigenvalue weighted by Gasteiger charge is -2.07. The molecule has 0 aliphatic carbocycles. The molecular weight excluding hydrogens is 247 g/mol. The fourth-order valence-corrected chi connectivity index (χ4v) is 1.28. The topological polar surface area (TPSA) is 86.0 Å². The Morgan fingerprint density at radius 1 is 1.53 bits per heavy atom. The van der Waals surface area contributed by atoms with Crippen molar-refractivity contribution in [2.75, 3.05) is 6.61 Å². The van der Waals surface area contributed by atoms with Crippen molar-refractivity contribution in [3.8, 4) is 5.75 Å². The highest BCUT2D eigenvalue weighted by atomic mass is 35.5. The second kappa shape index (κ2) is 6.05. The van der Waals surface area contributed by atoms with Gasteiger partial charge in [0.15, 0.2) is 11.6 Å². The molecule has 0 heterocycles. The summed E-state index contributed by atoms with van der Waals surface area (Å²) in [5.74, 6) is -0.822. The number of hydrogen-bond donors (Lipinski definition) is 2. The molecule has 7 heteroatoms. The molecule has 5 nitrogen and oxygen atoms in total. The molecule has 0 aliphatic heterocycles. The molecular formula is C10H12ClFN4O. The third kappa shape index (κ3) is 3.60. The van der Waals surface area contributed by atoms with Crippen LogP contribution >= 0.6 is 11.6 Å². The lowest BCUT2D eigenvalue weighted by Crippen LogP contribution is -2.21. The number of hydrogen-bond acceptors (Lipinski definition) is 3. The van der Waals surface area contributed by atoms with Crippen molar-refractivity contribution < 1.29 is 9.13 Å². The second-order valence-corrected chi connectivity index (χ2v) is 3.39. The number of nitrogens with two attached hydrogens (primary N) is 2. The first kappa shape index (κ1) is 13.2. The van der Waals surface area contributed by atoms with Crippen LogP contribution in [0.3, 0.4) is 0 Å². The number of nitrogens with zero attached hydrogens (tertiary/aromatic N) is 2. The maximum atomic E-state index is 13.8. The van der Waals surface area contributed by atoms with E-state index in [2.05, 4.69) is 10.2 Å². The van der Waals surface area contributed by atoms with Gasteiger partial charge in [0.1, 0.15) is 0 Å². The molecule has 1 rings (SSSR count). The third-order valence-electron chi connectivity index (χ3n) is 1.74. The largest absolute Gasteiger partial charge is 0.489 e. The minimum absolute atomic E-state index is 0.0113. The predicted molar refractivity (Wildman–Crippen MR) is 66.0 cm³/mol. The number of halogens is 2. The van der Waals surface area contributed by atoms with E-state index in [1.54, 1.807) is 6.92 Å². The molecule has 0 atom stereocenters. The van der Waals surface area contributed by atoms with Gasteiger partial charge in [0, 0.05) is 5.56 Å². The molecule has 0 saturated carbocycles. The maximum Gasteiger partial charge on any atom is 0.211 e. The Bertz CT molecular complexity index is 458. The van der Waals surface area contributed by atoms with Gasteiger partial charge in [-0.2, -0.15) is 5.10 Å². The first-order valence-electron chi connectivity index (χ1n) is 4.79.